The summed E-state index contributed by atoms with van der Waals surface area (Å²) in [7, 11) is 2.05. The fourth-order valence-corrected chi connectivity index (χ4v) is 3.85. The number of aliphatic hydroxyl groups is 1. The first-order valence-electron chi connectivity index (χ1n) is 11.6. The van der Waals surface area contributed by atoms with E-state index < -0.39 is 0 Å². The van der Waals surface area contributed by atoms with E-state index in [0.29, 0.717) is 30.1 Å². The van der Waals surface area contributed by atoms with Crippen LogP contribution < -0.4 is 4.74 Å². The van der Waals surface area contributed by atoms with Crippen LogP contribution in [0.25, 0.3) is 0 Å². The van der Waals surface area contributed by atoms with Crippen molar-refractivity contribution in [1.82, 2.24) is 19.8 Å². The summed E-state index contributed by atoms with van der Waals surface area (Å²) in [5.41, 5.74) is 2.26. The highest BCUT2D eigenvalue weighted by Gasteiger charge is 2.34. The second-order valence-corrected chi connectivity index (χ2v) is 8.80. The summed E-state index contributed by atoms with van der Waals surface area (Å²) in [6.07, 6.45) is 6.83. The molecule has 7 nitrogen and oxygen atoms in total. The lowest BCUT2D eigenvalue weighted by Gasteiger charge is -2.37. The molecule has 1 N–H and O–H groups in total. The predicted molar refractivity (Wildman–Crippen MR) is 128 cm³/mol. The molecule has 3 rings (SSSR count). The van der Waals surface area contributed by atoms with E-state index in [0.717, 1.165) is 19.4 Å². The minimum atomic E-state index is -0.309. The molecule has 0 bridgehead atoms. The largest absolute Gasteiger partial charge is 0.472 e. The summed E-state index contributed by atoms with van der Waals surface area (Å²) >= 11 is 0. The van der Waals surface area contributed by atoms with E-state index in [-0.39, 0.29) is 30.6 Å². The zero-order chi connectivity index (χ0) is 23.8. The van der Waals surface area contributed by atoms with Gasteiger partial charge in [0.15, 0.2) is 0 Å². The highest BCUT2D eigenvalue weighted by molar-refractivity contribution is 5.97. The molecule has 1 amide bonds. The highest BCUT2D eigenvalue weighted by Crippen LogP contribution is 2.27. The number of hydrogen-bond acceptors (Lipinski definition) is 6. The third kappa shape index (κ3) is 6.53. The van der Waals surface area contributed by atoms with Gasteiger partial charge < -0.3 is 14.7 Å². The first-order valence-corrected chi connectivity index (χ1v) is 11.6. The lowest BCUT2D eigenvalue weighted by atomic mass is 9.99. The van der Waals surface area contributed by atoms with Crippen LogP contribution in [0, 0.1) is 17.8 Å². The second-order valence-electron chi connectivity index (χ2n) is 8.80. The van der Waals surface area contributed by atoms with Crippen molar-refractivity contribution >= 4 is 5.91 Å². The van der Waals surface area contributed by atoms with E-state index in [4.69, 9.17) is 4.74 Å². The lowest BCUT2D eigenvalue weighted by Crippen LogP contribution is -2.49. The number of carbonyl (C=O) groups excluding carboxylic acids is 1. The number of hydrogen-bond donors (Lipinski definition) is 1. The Kier molecular flexibility index (Phi) is 8.81. The monoisotopic (exact) mass is 450 g/mol. The van der Waals surface area contributed by atoms with Gasteiger partial charge in [-0.05, 0) is 44.2 Å². The summed E-state index contributed by atoms with van der Waals surface area (Å²) in [4.78, 5) is 25.9. The van der Waals surface area contributed by atoms with Gasteiger partial charge in [0, 0.05) is 56.1 Å². The van der Waals surface area contributed by atoms with Crippen molar-refractivity contribution in [3.63, 3.8) is 0 Å². The van der Waals surface area contributed by atoms with Crippen LogP contribution in [0.2, 0.25) is 0 Å². The van der Waals surface area contributed by atoms with E-state index in [2.05, 4.69) is 47.6 Å². The molecule has 2 aromatic rings. The van der Waals surface area contributed by atoms with Crippen molar-refractivity contribution in [2.24, 2.45) is 5.92 Å². The zero-order valence-corrected chi connectivity index (χ0v) is 20.0. The smallest absolute Gasteiger partial charge is 0.259 e. The fraction of sp³-hybridized carbons (Fsp3) is 0.500. The van der Waals surface area contributed by atoms with Gasteiger partial charge in [0.25, 0.3) is 5.91 Å². The predicted octanol–water partition coefficient (Wildman–Crippen LogP) is 2.98. The molecule has 0 radical (unpaired) electrons. The first-order chi connectivity index (χ1) is 15.9. The second kappa shape index (κ2) is 11.8. The van der Waals surface area contributed by atoms with E-state index in [9.17, 15) is 9.90 Å². The number of aromatic nitrogens is 2. The molecule has 33 heavy (non-hydrogen) atoms. The van der Waals surface area contributed by atoms with E-state index in [1.807, 2.05) is 19.1 Å². The van der Waals surface area contributed by atoms with Crippen LogP contribution in [0.1, 0.15) is 55.1 Å². The SMILES string of the molecule is CCCC#Cc1cnc2c(c1)C(=O)N([C@@H](C)CO)C[C@@H](C)[C@@H](CN(C)Cc1ccncc1)O2. The molecule has 2 aromatic heterocycles. The fourth-order valence-electron chi connectivity index (χ4n) is 3.85. The topological polar surface area (TPSA) is 78.8 Å². The van der Waals surface area contributed by atoms with Crippen molar-refractivity contribution in [1.29, 1.82) is 0 Å². The molecule has 0 unspecified atom stereocenters. The van der Waals surface area contributed by atoms with Gasteiger partial charge in [-0.2, -0.15) is 0 Å². The Bertz CT molecular complexity index is 986. The molecule has 0 spiro atoms. The summed E-state index contributed by atoms with van der Waals surface area (Å²) in [6.45, 7) is 7.81. The number of fused-ring (bicyclic) bond motifs is 1. The number of pyridine rings is 2. The molecule has 3 heterocycles. The van der Waals surface area contributed by atoms with Crippen LogP contribution >= 0.6 is 0 Å². The summed E-state index contributed by atoms with van der Waals surface area (Å²) in [5.74, 6) is 6.37. The minimum Gasteiger partial charge on any atom is -0.472 e. The number of unbranched alkanes of at least 4 members (excludes halogenated alkanes) is 1. The molecule has 0 aromatic carbocycles. The highest BCUT2D eigenvalue weighted by atomic mass is 16.5. The minimum absolute atomic E-state index is 0.0433. The molecule has 1 aliphatic rings. The number of amides is 1. The van der Waals surface area contributed by atoms with E-state index in [1.54, 1.807) is 29.6 Å². The van der Waals surface area contributed by atoms with Gasteiger partial charge in [0.1, 0.15) is 11.7 Å². The lowest BCUT2D eigenvalue weighted by molar-refractivity contribution is 0.0325. The van der Waals surface area contributed by atoms with Gasteiger partial charge in [-0.25, -0.2) is 4.98 Å². The summed E-state index contributed by atoms with van der Waals surface area (Å²) < 4.78 is 6.35. The van der Waals surface area contributed by atoms with Crippen molar-refractivity contribution in [2.45, 2.75) is 52.3 Å². The molecule has 3 atom stereocenters. The molecule has 0 fully saturated rings. The first kappa shape index (κ1) is 24.7. The Balaban J connectivity index is 1.89. The standard InChI is InChI=1S/C26H34N4O3/c1-5-6-7-8-22-13-23-25(28-14-22)33-24(17-29(4)16-21-9-11-27-12-10-21)19(2)15-30(26(23)32)20(3)18-31/h9-14,19-20,24,31H,5-6,15-18H2,1-4H3/t19-,20+,24-/m1/s1. The number of aliphatic hydroxyl groups excluding tert-OH is 1. The molecule has 1 aliphatic heterocycles. The number of likely N-dealkylation sites (N-methyl/N-ethyl adjacent to an activating group) is 1. The van der Waals surface area contributed by atoms with Crippen LogP contribution in [0.5, 0.6) is 5.88 Å². The van der Waals surface area contributed by atoms with Gasteiger partial charge in [-0.15, -0.1) is 0 Å². The third-order valence-corrected chi connectivity index (χ3v) is 5.82. The molecule has 7 heteroatoms. The molecule has 0 saturated carbocycles. The Hall–Kier alpha value is -2.95. The Morgan fingerprint density at radius 1 is 1.36 bits per heavy atom. The van der Waals surface area contributed by atoms with Crippen molar-refractivity contribution in [3.8, 4) is 17.7 Å². The van der Waals surface area contributed by atoms with E-state index >= 15 is 0 Å². The van der Waals surface area contributed by atoms with Gasteiger partial charge in [-0.1, -0.05) is 25.7 Å². The molecule has 0 aliphatic carbocycles. The maximum Gasteiger partial charge on any atom is 0.259 e. The van der Waals surface area contributed by atoms with Crippen molar-refractivity contribution in [2.75, 3.05) is 26.7 Å². The molecular weight excluding hydrogens is 416 g/mol. The van der Waals surface area contributed by atoms with Crippen LogP contribution in [0.4, 0.5) is 0 Å². The Labute approximate surface area is 196 Å². The van der Waals surface area contributed by atoms with Crippen LogP contribution in [-0.4, -0.2) is 69.7 Å². The Morgan fingerprint density at radius 2 is 2.12 bits per heavy atom. The van der Waals surface area contributed by atoms with Gasteiger partial charge in [0.2, 0.25) is 5.88 Å². The van der Waals surface area contributed by atoms with Crippen molar-refractivity contribution in [3.05, 3.63) is 53.5 Å². The number of rotatable bonds is 7. The summed E-state index contributed by atoms with van der Waals surface area (Å²) in [5, 5.41) is 9.80. The normalized spacial score (nSPS) is 19.1. The summed E-state index contributed by atoms with van der Waals surface area (Å²) in [6, 6.07) is 5.45. The average molecular weight is 451 g/mol. The van der Waals surface area contributed by atoms with Crippen LogP contribution in [0.3, 0.4) is 0 Å². The number of ether oxygens (including phenoxy) is 1. The van der Waals surface area contributed by atoms with E-state index in [1.165, 1.54) is 5.56 Å². The number of nitrogens with zero attached hydrogens (tertiary/aromatic N) is 4. The van der Waals surface area contributed by atoms with Gasteiger partial charge in [0.05, 0.1) is 12.6 Å². The van der Waals surface area contributed by atoms with Gasteiger partial charge >= 0.3 is 0 Å². The van der Waals surface area contributed by atoms with Crippen LogP contribution in [-0.2, 0) is 6.54 Å². The maximum absolute atomic E-state index is 13.4. The molecule has 176 valence electrons. The van der Waals surface area contributed by atoms with Gasteiger partial charge in [-0.3, -0.25) is 14.7 Å². The average Bonchev–Trinajstić information content (AvgIpc) is 2.82. The van der Waals surface area contributed by atoms with Crippen molar-refractivity contribution < 1.29 is 14.6 Å². The Morgan fingerprint density at radius 3 is 2.82 bits per heavy atom. The number of carbonyl (C=O) groups is 1. The zero-order valence-electron chi connectivity index (χ0n) is 20.0. The van der Waals surface area contributed by atoms with Crippen LogP contribution in [0.15, 0.2) is 36.8 Å². The quantitative estimate of drug-likeness (QED) is 0.654. The molecule has 0 saturated heterocycles. The maximum atomic E-state index is 13.4. The molecular formula is C26H34N4O3. The third-order valence-electron chi connectivity index (χ3n) is 5.82.